The van der Waals surface area contributed by atoms with Crippen LogP contribution in [-0.4, -0.2) is 35.6 Å². The molecule has 0 radical (unpaired) electrons. The molecule has 1 atom stereocenters. The fraction of sp³-hybridized carbons (Fsp3) is 0.667. The van der Waals surface area contributed by atoms with Crippen molar-refractivity contribution in [2.24, 2.45) is 5.73 Å². The van der Waals surface area contributed by atoms with Crippen LogP contribution in [0.15, 0.2) is 0 Å². The summed E-state index contributed by atoms with van der Waals surface area (Å²) < 4.78 is 0. The molecular formula is C9H17N3O4. The molecule has 0 saturated heterocycles. The topological polar surface area (TPSA) is 122 Å². The van der Waals surface area contributed by atoms with E-state index in [4.69, 9.17) is 10.8 Å². The highest BCUT2D eigenvalue weighted by Gasteiger charge is 2.08. The van der Waals surface area contributed by atoms with E-state index in [-0.39, 0.29) is 25.4 Å². The second-order valence-corrected chi connectivity index (χ2v) is 3.45. The summed E-state index contributed by atoms with van der Waals surface area (Å²) in [5.74, 6) is -1.39. The predicted molar refractivity (Wildman–Crippen MR) is 56.7 cm³/mol. The molecule has 1 unspecified atom stereocenters. The fourth-order valence-corrected chi connectivity index (χ4v) is 0.986. The Morgan fingerprint density at radius 1 is 1.31 bits per heavy atom. The monoisotopic (exact) mass is 231 g/mol. The van der Waals surface area contributed by atoms with Crippen molar-refractivity contribution in [3.63, 3.8) is 0 Å². The second kappa shape index (κ2) is 7.49. The largest absolute Gasteiger partial charge is 0.481 e. The molecule has 0 fully saturated rings. The van der Waals surface area contributed by atoms with Crippen LogP contribution in [0.2, 0.25) is 0 Å². The van der Waals surface area contributed by atoms with E-state index in [1.807, 2.05) is 0 Å². The zero-order valence-corrected chi connectivity index (χ0v) is 9.16. The van der Waals surface area contributed by atoms with Crippen molar-refractivity contribution in [3.05, 3.63) is 0 Å². The van der Waals surface area contributed by atoms with Crippen LogP contribution in [0.1, 0.15) is 26.2 Å². The van der Waals surface area contributed by atoms with Crippen LogP contribution in [0.25, 0.3) is 0 Å². The molecule has 0 aliphatic heterocycles. The highest BCUT2D eigenvalue weighted by Crippen LogP contribution is 1.95. The molecule has 0 bridgehead atoms. The molecule has 0 aromatic heterocycles. The SMILES string of the molecule is CC(CCC(=O)O)NC(=O)NCCC(N)=O. The third-order valence-corrected chi connectivity index (χ3v) is 1.83. The van der Waals surface area contributed by atoms with E-state index in [2.05, 4.69) is 10.6 Å². The molecule has 0 aliphatic carbocycles. The van der Waals surface area contributed by atoms with Crippen LogP contribution in [0.5, 0.6) is 0 Å². The van der Waals surface area contributed by atoms with Crippen LogP contribution in [-0.2, 0) is 9.59 Å². The van der Waals surface area contributed by atoms with E-state index < -0.39 is 17.9 Å². The van der Waals surface area contributed by atoms with E-state index in [9.17, 15) is 14.4 Å². The number of carboxylic acids is 1. The quantitative estimate of drug-likeness (QED) is 0.468. The standard InChI is InChI=1S/C9H17N3O4/c1-6(2-3-8(14)15)12-9(16)11-5-4-7(10)13/h6H,2-5H2,1H3,(H2,10,13)(H,14,15)(H2,11,12,16). The molecule has 16 heavy (non-hydrogen) atoms. The Hall–Kier alpha value is -1.79. The highest BCUT2D eigenvalue weighted by molar-refractivity contribution is 5.77. The van der Waals surface area contributed by atoms with Crippen LogP contribution in [0.4, 0.5) is 4.79 Å². The van der Waals surface area contributed by atoms with Gasteiger partial charge in [0.25, 0.3) is 0 Å². The van der Waals surface area contributed by atoms with Gasteiger partial charge in [-0.05, 0) is 13.3 Å². The van der Waals surface area contributed by atoms with Gasteiger partial charge in [0.1, 0.15) is 0 Å². The van der Waals surface area contributed by atoms with Gasteiger partial charge in [0.05, 0.1) is 0 Å². The molecule has 92 valence electrons. The van der Waals surface area contributed by atoms with E-state index in [0.717, 1.165) is 0 Å². The molecule has 0 saturated carbocycles. The first-order valence-corrected chi connectivity index (χ1v) is 4.96. The zero-order chi connectivity index (χ0) is 12.6. The summed E-state index contributed by atoms with van der Waals surface area (Å²) in [4.78, 5) is 31.8. The van der Waals surface area contributed by atoms with Gasteiger partial charge >= 0.3 is 12.0 Å². The zero-order valence-electron chi connectivity index (χ0n) is 9.16. The summed E-state index contributed by atoms with van der Waals surface area (Å²) in [5.41, 5.74) is 4.89. The lowest BCUT2D eigenvalue weighted by Gasteiger charge is -2.13. The normalized spacial score (nSPS) is 11.6. The first kappa shape index (κ1) is 14.2. The number of nitrogens with two attached hydrogens (primary N) is 1. The maximum absolute atomic E-state index is 11.2. The Kier molecular flexibility index (Phi) is 6.66. The van der Waals surface area contributed by atoms with E-state index in [0.29, 0.717) is 6.42 Å². The number of aliphatic carboxylic acids is 1. The summed E-state index contributed by atoms with van der Waals surface area (Å²) >= 11 is 0. The van der Waals surface area contributed by atoms with Crippen molar-refractivity contribution in [2.45, 2.75) is 32.2 Å². The van der Waals surface area contributed by atoms with E-state index in [1.54, 1.807) is 6.92 Å². The summed E-state index contributed by atoms with van der Waals surface area (Å²) in [7, 11) is 0. The number of nitrogens with one attached hydrogen (secondary N) is 2. The molecule has 5 N–H and O–H groups in total. The van der Waals surface area contributed by atoms with Crippen molar-refractivity contribution >= 4 is 17.9 Å². The molecule has 7 heteroatoms. The van der Waals surface area contributed by atoms with E-state index in [1.165, 1.54) is 0 Å². The van der Waals surface area contributed by atoms with Crippen molar-refractivity contribution in [3.8, 4) is 0 Å². The molecule has 7 nitrogen and oxygen atoms in total. The third kappa shape index (κ3) is 8.79. The molecule has 0 spiro atoms. The van der Waals surface area contributed by atoms with Crippen LogP contribution >= 0.6 is 0 Å². The second-order valence-electron chi connectivity index (χ2n) is 3.45. The molecule has 0 aromatic rings. The third-order valence-electron chi connectivity index (χ3n) is 1.83. The lowest BCUT2D eigenvalue weighted by molar-refractivity contribution is -0.137. The van der Waals surface area contributed by atoms with Crippen LogP contribution < -0.4 is 16.4 Å². The Morgan fingerprint density at radius 2 is 1.94 bits per heavy atom. The minimum atomic E-state index is -0.900. The molecular weight excluding hydrogens is 214 g/mol. The average molecular weight is 231 g/mol. The Balaban J connectivity index is 3.61. The summed E-state index contributed by atoms with van der Waals surface area (Å²) in [6.45, 7) is 1.88. The van der Waals surface area contributed by atoms with Crippen molar-refractivity contribution in [2.75, 3.05) is 6.54 Å². The highest BCUT2D eigenvalue weighted by atomic mass is 16.4. The van der Waals surface area contributed by atoms with Gasteiger partial charge in [-0.3, -0.25) is 9.59 Å². The van der Waals surface area contributed by atoms with Gasteiger partial charge in [-0.25, -0.2) is 4.79 Å². The van der Waals surface area contributed by atoms with Gasteiger partial charge in [-0.1, -0.05) is 0 Å². The van der Waals surface area contributed by atoms with Gasteiger partial charge in [-0.2, -0.15) is 0 Å². The predicted octanol–water partition coefficient (Wildman–Crippen LogP) is -0.586. The number of carbonyl (C=O) groups is 3. The number of hydrogen-bond donors (Lipinski definition) is 4. The van der Waals surface area contributed by atoms with Crippen LogP contribution in [0, 0.1) is 0 Å². The van der Waals surface area contributed by atoms with Gasteiger partial charge < -0.3 is 21.5 Å². The Bertz CT molecular complexity index is 267. The number of amides is 3. The van der Waals surface area contributed by atoms with Gasteiger partial charge in [0.15, 0.2) is 0 Å². The average Bonchev–Trinajstić information content (AvgIpc) is 2.14. The van der Waals surface area contributed by atoms with Crippen molar-refractivity contribution in [1.82, 2.24) is 10.6 Å². The number of carboxylic acid groups (broad SMARTS) is 1. The smallest absolute Gasteiger partial charge is 0.315 e. The molecule has 0 aliphatic rings. The number of rotatable bonds is 7. The molecule has 0 aromatic carbocycles. The Labute approximate surface area is 93.4 Å². The van der Waals surface area contributed by atoms with Gasteiger partial charge in [-0.15, -0.1) is 0 Å². The summed E-state index contributed by atoms with van der Waals surface area (Å²) in [6, 6.07) is -0.663. The number of carbonyl (C=O) groups excluding carboxylic acids is 2. The van der Waals surface area contributed by atoms with E-state index >= 15 is 0 Å². The first-order valence-electron chi connectivity index (χ1n) is 4.96. The Morgan fingerprint density at radius 3 is 2.44 bits per heavy atom. The first-order chi connectivity index (χ1) is 7.41. The molecule has 3 amide bonds. The van der Waals surface area contributed by atoms with Crippen molar-refractivity contribution < 1.29 is 19.5 Å². The number of urea groups is 1. The number of hydrogen-bond acceptors (Lipinski definition) is 3. The minimum absolute atomic E-state index is 0.00271. The van der Waals surface area contributed by atoms with Crippen LogP contribution in [0.3, 0.4) is 0 Å². The molecule has 0 heterocycles. The fourth-order valence-electron chi connectivity index (χ4n) is 0.986. The maximum atomic E-state index is 11.2. The molecule has 0 rings (SSSR count). The lowest BCUT2D eigenvalue weighted by atomic mass is 10.2. The minimum Gasteiger partial charge on any atom is -0.481 e. The maximum Gasteiger partial charge on any atom is 0.315 e. The lowest BCUT2D eigenvalue weighted by Crippen LogP contribution is -2.41. The van der Waals surface area contributed by atoms with Crippen molar-refractivity contribution in [1.29, 1.82) is 0 Å². The summed E-state index contributed by atoms with van der Waals surface area (Å²) in [6.07, 6.45) is 0.443. The van der Waals surface area contributed by atoms with Gasteiger partial charge in [0.2, 0.25) is 5.91 Å². The van der Waals surface area contributed by atoms with Gasteiger partial charge in [0, 0.05) is 25.4 Å². The number of primary amides is 1. The summed E-state index contributed by atoms with van der Waals surface area (Å²) in [5, 5.41) is 13.4.